The molecule has 1 saturated heterocycles. The van der Waals surface area contributed by atoms with Crippen molar-refractivity contribution in [1.29, 1.82) is 0 Å². The maximum Gasteiger partial charge on any atom is 0.227 e. The lowest BCUT2D eigenvalue weighted by Gasteiger charge is -2.35. The molecule has 6 heteroatoms. The minimum Gasteiger partial charge on any atom is -0.348 e. The first-order valence-electron chi connectivity index (χ1n) is 7.60. The average molecular weight is 321 g/mol. The van der Waals surface area contributed by atoms with Gasteiger partial charge in [0.2, 0.25) is 5.91 Å². The molecule has 1 unspecified atom stereocenters. The summed E-state index contributed by atoms with van der Waals surface area (Å²) in [5.74, 6) is -0.306. The molecule has 1 amide bonds. The molecule has 0 bridgehead atoms. The van der Waals surface area contributed by atoms with E-state index in [1.165, 1.54) is 6.07 Å². The first-order valence-corrected chi connectivity index (χ1v) is 8.48. The quantitative estimate of drug-likeness (QED) is 0.836. The molecule has 1 fully saturated rings. The van der Waals surface area contributed by atoms with Crippen LogP contribution in [0.2, 0.25) is 0 Å². The van der Waals surface area contributed by atoms with Crippen molar-refractivity contribution in [2.75, 3.05) is 32.7 Å². The van der Waals surface area contributed by atoms with Crippen molar-refractivity contribution >= 4 is 22.8 Å². The van der Waals surface area contributed by atoms with Crippen LogP contribution >= 0.6 is 11.8 Å². The van der Waals surface area contributed by atoms with E-state index < -0.39 is 0 Å². The number of amides is 1. The van der Waals surface area contributed by atoms with E-state index in [1.807, 2.05) is 16.7 Å². The summed E-state index contributed by atoms with van der Waals surface area (Å²) in [6.45, 7) is 6.04. The van der Waals surface area contributed by atoms with Crippen LogP contribution in [-0.4, -0.2) is 58.8 Å². The lowest BCUT2D eigenvalue weighted by atomic mass is 10.1. The number of hydrogen-bond donors (Lipinski definition) is 0. The van der Waals surface area contributed by atoms with Gasteiger partial charge in [-0.3, -0.25) is 9.79 Å². The number of halogens is 1. The van der Waals surface area contributed by atoms with Crippen molar-refractivity contribution < 1.29 is 9.18 Å². The van der Waals surface area contributed by atoms with Gasteiger partial charge in [-0.2, -0.15) is 0 Å². The zero-order chi connectivity index (χ0) is 15.5. The van der Waals surface area contributed by atoms with E-state index in [-0.39, 0.29) is 18.1 Å². The molecule has 2 aliphatic rings. The first-order chi connectivity index (χ1) is 10.6. The molecule has 3 rings (SSSR count). The van der Waals surface area contributed by atoms with Crippen LogP contribution in [0.4, 0.5) is 4.39 Å². The maximum atomic E-state index is 13.6. The van der Waals surface area contributed by atoms with Crippen LogP contribution in [0.1, 0.15) is 12.5 Å². The highest BCUT2D eigenvalue weighted by atomic mass is 32.2. The molecule has 0 N–H and O–H groups in total. The molecule has 1 aromatic rings. The summed E-state index contributed by atoms with van der Waals surface area (Å²) in [5, 5.41) is 1.66. The monoisotopic (exact) mass is 321 g/mol. The highest BCUT2D eigenvalue weighted by Crippen LogP contribution is 2.23. The van der Waals surface area contributed by atoms with Crippen LogP contribution in [0.5, 0.6) is 0 Å². The number of aliphatic imine (C=N–C) groups is 1. The minimum absolute atomic E-state index is 0.000804. The summed E-state index contributed by atoms with van der Waals surface area (Å²) in [7, 11) is 0. The van der Waals surface area contributed by atoms with Crippen LogP contribution in [0.25, 0.3) is 0 Å². The molecule has 0 radical (unpaired) electrons. The van der Waals surface area contributed by atoms with Gasteiger partial charge in [-0.05, 0) is 11.6 Å². The molecule has 0 saturated carbocycles. The predicted molar refractivity (Wildman–Crippen MR) is 87.6 cm³/mol. The van der Waals surface area contributed by atoms with E-state index in [4.69, 9.17) is 0 Å². The van der Waals surface area contributed by atoms with Gasteiger partial charge < -0.3 is 9.80 Å². The van der Waals surface area contributed by atoms with E-state index in [0.717, 1.165) is 24.8 Å². The molecule has 4 nitrogen and oxygen atoms in total. The normalized spacial score (nSPS) is 21.9. The molecular formula is C16H20FN3OS. The number of rotatable bonds is 2. The largest absolute Gasteiger partial charge is 0.348 e. The Bertz CT molecular complexity index is 585. The SMILES string of the molecule is CC1CN=C(N2CCN(C(=O)Cc3ccccc3F)CC2)S1. The van der Waals surface area contributed by atoms with Crippen molar-refractivity contribution in [3.63, 3.8) is 0 Å². The summed E-state index contributed by atoms with van der Waals surface area (Å²) in [5.41, 5.74) is 0.472. The smallest absolute Gasteiger partial charge is 0.227 e. The standard InChI is InChI=1S/C16H20FN3OS/c1-12-11-18-16(22-12)20-8-6-19(7-9-20)15(21)10-13-4-2-3-5-14(13)17/h2-5,12H,6-11H2,1H3. The Morgan fingerprint density at radius 2 is 2.05 bits per heavy atom. The fourth-order valence-corrected chi connectivity index (χ4v) is 3.69. The Balaban J connectivity index is 1.53. The van der Waals surface area contributed by atoms with Gasteiger partial charge >= 0.3 is 0 Å². The van der Waals surface area contributed by atoms with E-state index in [0.29, 0.717) is 23.9 Å². The molecule has 2 heterocycles. The molecule has 1 aromatic carbocycles. The van der Waals surface area contributed by atoms with Crippen LogP contribution in [0, 0.1) is 5.82 Å². The van der Waals surface area contributed by atoms with Gasteiger partial charge in [-0.25, -0.2) is 4.39 Å². The van der Waals surface area contributed by atoms with Crippen LogP contribution in [0.15, 0.2) is 29.3 Å². The van der Waals surface area contributed by atoms with Crippen molar-refractivity contribution in [1.82, 2.24) is 9.80 Å². The Kier molecular flexibility index (Phi) is 4.66. The van der Waals surface area contributed by atoms with E-state index in [2.05, 4.69) is 16.8 Å². The summed E-state index contributed by atoms with van der Waals surface area (Å²) in [6.07, 6.45) is 0.138. The average Bonchev–Trinajstić information content (AvgIpc) is 2.96. The maximum absolute atomic E-state index is 13.6. The molecule has 22 heavy (non-hydrogen) atoms. The van der Waals surface area contributed by atoms with Gasteiger partial charge in [0.15, 0.2) is 5.17 Å². The second-order valence-corrected chi connectivity index (χ2v) is 7.09. The Hall–Kier alpha value is -1.56. The van der Waals surface area contributed by atoms with Crippen LogP contribution in [0.3, 0.4) is 0 Å². The Morgan fingerprint density at radius 3 is 2.68 bits per heavy atom. The van der Waals surface area contributed by atoms with Crippen molar-refractivity contribution in [3.8, 4) is 0 Å². The van der Waals surface area contributed by atoms with Crippen LogP contribution < -0.4 is 0 Å². The molecule has 2 aliphatic heterocycles. The minimum atomic E-state index is -0.305. The lowest BCUT2D eigenvalue weighted by Crippen LogP contribution is -2.50. The summed E-state index contributed by atoms with van der Waals surface area (Å²) in [4.78, 5) is 20.9. The van der Waals surface area contributed by atoms with Gasteiger partial charge in [0.05, 0.1) is 13.0 Å². The van der Waals surface area contributed by atoms with Crippen molar-refractivity contribution in [2.24, 2.45) is 4.99 Å². The number of nitrogens with zero attached hydrogens (tertiary/aromatic N) is 3. The fourth-order valence-electron chi connectivity index (χ4n) is 2.70. The zero-order valence-corrected chi connectivity index (χ0v) is 13.5. The number of carbonyl (C=O) groups is 1. The third kappa shape index (κ3) is 3.43. The molecule has 1 atom stereocenters. The Labute approximate surface area is 134 Å². The topological polar surface area (TPSA) is 35.9 Å². The van der Waals surface area contributed by atoms with Gasteiger partial charge in [0, 0.05) is 31.4 Å². The lowest BCUT2D eigenvalue weighted by molar-refractivity contribution is -0.131. The molecule has 0 aliphatic carbocycles. The zero-order valence-electron chi connectivity index (χ0n) is 12.7. The third-order valence-electron chi connectivity index (χ3n) is 3.99. The molecular weight excluding hydrogens is 301 g/mol. The van der Waals surface area contributed by atoms with E-state index in [9.17, 15) is 9.18 Å². The van der Waals surface area contributed by atoms with Crippen molar-refractivity contribution in [3.05, 3.63) is 35.6 Å². The predicted octanol–water partition coefficient (Wildman–Crippen LogP) is 2.00. The van der Waals surface area contributed by atoms with Gasteiger partial charge in [0.1, 0.15) is 5.82 Å². The number of benzene rings is 1. The van der Waals surface area contributed by atoms with Gasteiger partial charge in [-0.1, -0.05) is 36.9 Å². The van der Waals surface area contributed by atoms with Crippen molar-refractivity contribution in [2.45, 2.75) is 18.6 Å². The molecule has 0 spiro atoms. The fraction of sp³-hybridized carbons (Fsp3) is 0.500. The van der Waals surface area contributed by atoms with Gasteiger partial charge in [-0.15, -0.1) is 0 Å². The number of amidine groups is 1. The van der Waals surface area contributed by atoms with Crippen LogP contribution in [-0.2, 0) is 11.2 Å². The number of piperazine rings is 1. The highest BCUT2D eigenvalue weighted by Gasteiger charge is 2.26. The highest BCUT2D eigenvalue weighted by molar-refractivity contribution is 8.14. The number of carbonyl (C=O) groups excluding carboxylic acids is 1. The second-order valence-electron chi connectivity index (χ2n) is 5.69. The van der Waals surface area contributed by atoms with E-state index >= 15 is 0 Å². The summed E-state index contributed by atoms with van der Waals surface area (Å²) < 4.78 is 13.6. The second kappa shape index (κ2) is 6.69. The third-order valence-corrected chi connectivity index (χ3v) is 5.14. The molecule has 118 valence electrons. The number of thioether (sulfide) groups is 1. The summed E-state index contributed by atoms with van der Waals surface area (Å²) >= 11 is 1.81. The summed E-state index contributed by atoms with van der Waals surface area (Å²) in [6, 6.07) is 6.48. The Morgan fingerprint density at radius 1 is 1.32 bits per heavy atom. The number of hydrogen-bond acceptors (Lipinski definition) is 4. The molecule has 0 aromatic heterocycles. The van der Waals surface area contributed by atoms with E-state index in [1.54, 1.807) is 18.2 Å². The first kappa shape index (κ1) is 15.3. The van der Waals surface area contributed by atoms with Gasteiger partial charge in [0.25, 0.3) is 0 Å².